The Labute approximate surface area is 154 Å². The lowest BCUT2D eigenvalue weighted by Crippen LogP contribution is -1.98. The van der Waals surface area contributed by atoms with Crippen molar-refractivity contribution in [2.75, 3.05) is 5.32 Å². The maximum atomic E-state index is 13.3. The highest BCUT2D eigenvalue weighted by molar-refractivity contribution is 6.29. The van der Waals surface area contributed by atoms with Gasteiger partial charge in [0.25, 0.3) is 0 Å². The number of halogens is 2. The van der Waals surface area contributed by atoms with Crippen LogP contribution in [0.15, 0.2) is 48.7 Å². The Morgan fingerprint density at radius 2 is 1.88 bits per heavy atom. The van der Waals surface area contributed by atoms with E-state index in [4.69, 9.17) is 16.6 Å². The van der Waals surface area contributed by atoms with Gasteiger partial charge in [-0.25, -0.2) is 14.4 Å². The van der Waals surface area contributed by atoms with Crippen LogP contribution in [0.4, 0.5) is 15.9 Å². The Morgan fingerprint density at radius 1 is 1.12 bits per heavy atom. The van der Waals surface area contributed by atoms with E-state index in [1.807, 2.05) is 30.8 Å². The molecule has 1 aromatic carbocycles. The molecule has 0 saturated heterocycles. The van der Waals surface area contributed by atoms with E-state index in [1.165, 1.54) is 12.1 Å². The van der Waals surface area contributed by atoms with Gasteiger partial charge < -0.3 is 5.32 Å². The van der Waals surface area contributed by atoms with Crippen molar-refractivity contribution in [3.8, 4) is 11.3 Å². The number of benzene rings is 1. The molecule has 0 fully saturated rings. The van der Waals surface area contributed by atoms with E-state index in [-0.39, 0.29) is 5.82 Å². The van der Waals surface area contributed by atoms with Gasteiger partial charge in [0.1, 0.15) is 16.8 Å². The van der Waals surface area contributed by atoms with Gasteiger partial charge in [-0.15, -0.1) is 0 Å². The van der Waals surface area contributed by atoms with E-state index < -0.39 is 0 Å². The van der Waals surface area contributed by atoms with Crippen molar-refractivity contribution >= 4 is 34.0 Å². The maximum Gasteiger partial charge on any atom is 0.142 e. The lowest BCUT2D eigenvalue weighted by atomic mass is 10.1. The lowest BCUT2D eigenvalue weighted by molar-refractivity contribution is 0.628. The summed E-state index contributed by atoms with van der Waals surface area (Å²) in [7, 11) is 1.89. The number of pyridine rings is 2. The predicted molar refractivity (Wildman–Crippen MR) is 101 cm³/mol. The molecule has 4 aromatic rings. The second-order valence-electron chi connectivity index (χ2n) is 5.96. The molecule has 7 heteroatoms. The van der Waals surface area contributed by atoms with E-state index >= 15 is 0 Å². The SMILES string of the molecule is Cc1nn(C)c2cc(-c3ccc(F)cc3)nc(Nc3ccc(Cl)nc3)c12. The van der Waals surface area contributed by atoms with E-state index in [2.05, 4.69) is 15.4 Å². The molecule has 0 spiro atoms. The van der Waals surface area contributed by atoms with Gasteiger partial charge in [-0.3, -0.25) is 4.68 Å². The fourth-order valence-corrected chi connectivity index (χ4v) is 3.03. The molecule has 5 nitrogen and oxygen atoms in total. The summed E-state index contributed by atoms with van der Waals surface area (Å²) in [5.74, 6) is 0.383. The molecule has 3 heterocycles. The van der Waals surface area contributed by atoms with Crippen LogP contribution in [-0.2, 0) is 7.05 Å². The zero-order valence-corrected chi connectivity index (χ0v) is 14.9. The van der Waals surface area contributed by atoms with Crippen LogP contribution in [0, 0.1) is 12.7 Å². The summed E-state index contributed by atoms with van der Waals surface area (Å²) < 4.78 is 15.1. The Morgan fingerprint density at radius 3 is 2.58 bits per heavy atom. The van der Waals surface area contributed by atoms with Gasteiger partial charge in [0, 0.05) is 12.6 Å². The van der Waals surface area contributed by atoms with Crippen LogP contribution in [0.1, 0.15) is 5.69 Å². The number of hydrogen-bond acceptors (Lipinski definition) is 4. The van der Waals surface area contributed by atoms with Gasteiger partial charge in [0.2, 0.25) is 0 Å². The zero-order chi connectivity index (χ0) is 18.3. The molecule has 0 aliphatic heterocycles. The minimum atomic E-state index is -0.281. The molecule has 0 atom stereocenters. The van der Waals surface area contributed by atoms with Crippen LogP contribution in [-0.4, -0.2) is 19.7 Å². The summed E-state index contributed by atoms with van der Waals surface area (Å²) in [6.45, 7) is 1.94. The highest BCUT2D eigenvalue weighted by Gasteiger charge is 2.15. The number of nitrogens with one attached hydrogen (secondary N) is 1. The average molecular weight is 368 g/mol. The van der Waals surface area contributed by atoms with Crippen LogP contribution in [0.2, 0.25) is 5.15 Å². The third-order valence-corrected chi connectivity index (χ3v) is 4.36. The monoisotopic (exact) mass is 367 g/mol. The molecule has 4 rings (SSSR count). The molecule has 0 radical (unpaired) electrons. The van der Waals surface area contributed by atoms with E-state index in [1.54, 1.807) is 24.4 Å². The second kappa shape index (κ2) is 6.38. The molecular formula is C19H15ClFN5. The Bertz CT molecular complexity index is 1090. The standard InChI is InChI=1S/C19H15ClFN5/c1-11-18-16(26(2)25-11)9-15(12-3-5-13(21)6-4-12)24-19(18)23-14-7-8-17(20)22-10-14/h3-10H,1-2H3,(H,23,24). The van der Waals surface area contributed by atoms with Gasteiger partial charge in [0.05, 0.1) is 34.2 Å². The zero-order valence-electron chi connectivity index (χ0n) is 14.2. The second-order valence-corrected chi connectivity index (χ2v) is 6.35. The summed E-state index contributed by atoms with van der Waals surface area (Å²) in [6.07, 6.45) is 1.64. The van der Waals surface area contributed by atoms with Gasteiger partial charge in [0.15, 0.2) is 0 Å². The molecule has 0 aliphatic rings. The quantitative estimate of drug-likeness (QED) is 0.524. The number of rotatable bonds is 3. The van der Waals surface area contributed by atoms with Crippen LogP contribution < -0.4 is 5.32 Å². The molecule has 130 valence electrons. The van der Waals surface area contributed by atoms with Crippen LogP contribution >= 0.6 is 11.6 Å². The number of aromatic nitrogens is 4. The third kappa shape index (κ3) is 2.99. The fraction of sp³-hybridized carbons (Fsp3) is 0.105. The number of anilines is 2. The maximum absolute atomic E-state index is 13.3. The minimum Gasteiger partial charge on any atom is -0.338 e. The first kappa shape index (κ1) is 16.5. The normalized spacial score (nSPS) is 11.1. The molecule has 1 N–H and O–H groups in total. The molecule has 3 aromatic heterocycles. The first-order chi connectivity index (χ1) is 12.5. The number of nitrogens with zero attached hydrogens (tertiary/aromatic N) is 4. The summed E-state index contributed by atoms with van der Waals surface area (Å²) in [5.41, 5.74) is 4.11. The Balaban J connectivity index is 1.88. The van der Waals surface area contributed by atoms with Crippen molar-refractivity contribution in [3.63, 3.8) is 0 Å². The van der Waals surface area contributed by atoms with Gasteiger partial charge in [-0.05, 0) is 49.4 Å². The molecule has 0 amide bonds. The molecule has 0 unspecified atom stereocenters. The highest BCUT2D eigenvalue weighted by atomic mass is 35.5. The first-order valence-corrected chi connectivity index (χ1v) is 8.38. The molecule has 26 heavy (non-hydrogen) atoms. The number of hydrogen-bond donors (Lipinski definition) is 1. The van der Waals surface area contributed by atoms with Gasteiger partial charge in [-0.2, -0.15) is 5.10 Å². The molecule has 0 bridgehead atoms. The predicted octanol–water partition coefficient (Wildman–Crippen LogP) is 4.87. The smallest absolute Gasteiger partial charge is 0.142 e. The van der Waals surface area contributed by atoms with Gasteiger partial charge in [-0.1, -0.05) is 11.6 Å². The van der Waals surface area contributed by atoms with Crippen molar-refractivity contribution < 1.29 is 4.39 Å². The van der Waals surface area contributed by atoms with Crippen molar-refractivity contribution in [1.29, 1.82) is 0 Å². The molecule has 0 aliphatic carbocycles. The van der Waals surface area contributed by atoms with Crippen LogP contribution in [0.5, 0.6) is 0 Å². The van der Waals surface area contributed by atoms with Crippen molar-refractivity contribution in [2.24, 2.45) is 7.05 Å². The molecular weight excluding hydrogens is 353 g/mol. The lowest BCUT2D eigenvalue weighted by Gasteiger charge is -2.10. The molecule has 0 saturated carbocycles. The van der Waals surface area contributed by atoms with Crippen LogP contribution in [0.3, 0.4) is 0 Å². The number of fused-ring (bicyclic) bond motifs is 1. The highest BCUT2D eigenvalue weighted by Crippen LogP contribution is 2.31. The first-order valence-electron chi connectivity index (χ1n) is 8.00. The topological polar surface area (TPSA) is 55.6 Å². The number of aryl methyl sites for hydroxylation is 2. The third-order valence-electron chi connectivity index (χ3n) is 4.14. The largest absolute Gasteiger partial charge is 0.338 e. The average Bonchev–Trinajstić information content (AvgIpc) is 2.92. The summed E-state index contributed by atoms with van der Waals surface area (Å²) in [6, 6.07) is 11.8. The fourth-order valence-electron chi connectivity index (χ4n) is 2.92. The van der Waals surface area contributed by atoms with Crippen molar-refractivity contribution in [1.82, 2.24) is 19.7 Å². The van der Waals surface area contributed by atoms with Crippen molar-refractivity contribution in [3.05, 3.63) is 65.3 Å². The summed E-state index contributed by atoms with van der Waals surface area (Å²) in [4.78, 5) is 8.83. The van der Waals surface area contributed by atoms with Crippen molar-refractivity contribution in [2.45, 2.75) is 6.92 Å². The summed E-state index contributed by atoms with van der Waals surface area (Å²) >= 11 is 5.86. The Hall–Kier alpha value is -2.99. The van der Waals surface area contributed by atoms with Gasteiger partial charge >= 0.3 is 0 Å². The van der Waals surface area contributed by atoms with E-state index in [0.29, 0.717) is 11.0 Å². The summed E-state index contributed by atoms with van der Waals surface area (Å²) in [5, 5.41) is 9.13. The van der Waals surface area contributed by atoms with Crippen LogP contribution in [0.25, 0.3) is 22.2 Å². The minimum absolute atomic E-state index is 0.281. The van der Waals surface area contributed by atoms with E-state index in [9.17, 15) is 4.39 Å². The Kier molecular flexibility index (Phi) is 4.05. The van der Waals surface area contributed by atoms with E-state index in [0.717, 1.165) is 33.5 Å².